The number of furan rings is 1. The average Bonchev–Trinajstić information content (AvgIpc) is 3.07. The molecule has 2 aromatic rings. The summed E-state index contributed by atoms with van der Waals surface area (Å²) >= 11 is 0. The van der Waals surface area contributed by atoms with Gasteiger partial charge in [0.2, 0.25) is 0 Å². The molecule has 0 bridgehead atoms. The highest BCUT2D eigenvalue weighted by atomic mass is 16.6. The van der Waals surface area contributed by atoms with E-state index in [-0.39, 0.29) is 5.76 Å². The van der Waals surface area contributed by atoms with Crippen molar-refractivity contribution >= 4 is 23.2 Å². The van der Waals surface area contributed by atoms with Gasteiger partial charge in [0.05, 0.1) is 6.07 Å². The average molecular weight is 330 g/mol. The number of hydrogen-bond acceptors (Lipinski definition) is 6. The largest absolute Gasteiger partial charge is 0.433 e. The van der Waals surface area contributed by atoms with Gasteiger partial charge >= 0.3 is 5.88 Å². The lowest BCUT2D eigenvalue weighted by Gasteiger charge is -2.34. The number of likely N-dealkylation sites (N-methyl/N-ethyl adjacent to an activating group) is 1. The predicted octanol–water partition coefficient (Wildman–Crippen LogP) is 2.19. The maximum atomic E-state index is 12.0. The quantitative estimate of drug-likeness (QED) is 0.682. The molecule has 126 valence electrons. The van der Waals surface area contributed by atoms with Crippen molar-refractivity contribution in [3.8, 4) is 0 Å². The molecule has 1 aliphatic heterocycles. The molecule has 8 nitrogen and oxygen atoms in total. The summed E-state index contributed by atoms with van der Waals surface area (Å²) < 4.78 is 4.88. The summed E-state index contributed by atoms with van der Waals surface area (Å²) in [4.78, 5) is 26.5. The second-order valence-electron chi connectivity index (χ2n) is 5.69. The zero-order valence-electron chi connectivity index (χ0n) is 13.3. The number of nitro groups is 1. The number of amides is 1. The summed E-state index contributed by atoms with van der Waals surface area (Å²) in [5.41, 5.74) is 1.71. The fourth-order valence-corrected chi connectivity index (χ4v) is 2.56. The van der Waals surface area contributed by atoms with Crippen molar-refractivity contribution < 1.29 is 14.1 Å². The Labute approximate surface area is 138 Å². The maximum absolute atomic E-state index is 12.0. The first-order chi connectivity index (χ1) is 11.5. The van der Waals surface area contributed by atoms with E-state index in [2.05, 4.69) is 22.2 Å². The second kappa shape index (κ2) is 6.71. The molecular weight excluding hydrogens is 312 g/mol. The van der Waals surface area contributed by atoms with Crippen LogP contribution >= 0.6 is 0 Å². The summed E-state index contributed by atoms with van der Waals surface area (Å²) in [5.74, 6) is -1.06. The monoisotopic (exact) mass is 330 g/mol. The minimum absolute atomic E-state index is 0.0927. The fourth-order valence-electron chi connectivity index (χ4n) is 2.56. The number of rotatable bonds is 4. The minimum atomic E-state index is -0.679. The Hall–Kier alpha value is -2.87. The number of carbonyl (C=O) groups is 1. The highest BCUT2D eigenvalue weighted by molar-refractivity contribution is 6.02. The zero-order valence-corrected chi connectivity index (χ0v) is 13.3. The van der Waals surface area contributed by atoms with Gasteiger partial charge in [0.25, 0.3) is 5.91 Å². The van der Waals surface area contributed by atoms with E-state index in [0.29, 0.717) is 5.69 Å². The van der Waals surface area contributed by atoms with Crippen LogP contribution in [0.3, 0.4) is 0 Å². The van der Waals surface area contributed by atoms with Crippen molar-refractivity contribution in [2.45, 2.75) is 0 Å². The van der Waals surface area contributed by atoms with Gasteiger partial charge in [-0.1, -0.05) is 0 Å². The zero-order chi connectivity index (χ0) is 17.1. The van der Waals surface area contributed by atoms with Crippen LogP contribution in [0.4, 0.5) is 17.3 Å². The first-order valence-electron chi connectivity index (χ1n) is 7.62. The Morgan fingerprint density at radius 2 is 1.79 bits per heavy atom. The molecular formula is C16H18N4O4. The van der Waals surface area contributed by atoms with Crippen molar-refractivity contribution in [2.24, 2.45) is 0 Å². The third kappa shape index (κ3) is 3.54. The van der Waals surface area contributed by atoms with Gasteiger partial charge in [-0.15, -0.1) is 0 Å². The van der Waals surface area contributed by atoms with Crippen LogP contribution < -0.4 is 10.2 Å². The van der Waals surface area contributed by atoms with Crippen LogP contribution in [-0.2, 0) is 0 Å². The van der Waals surface area contributed by atoms with Crippen LogP contribution in [0.1, 0.15) is 10.6 Å². The van der Waals surface area contributed by atoms with Gasteiger partial charge in [-0.05, 0) is 37.4 Å². The molecule has 24 heavy (non-hydrogen) atoms. The van der Waals surface area contributed by atoms with Crippen LogP contribution in [-0.4, -0.2) is 49.0 Å². The van der Waals surface area contributed by atoms with Crippen molar-refractivity contribution in [1.29, 1.82) is 0 Å². The number of carbonyl (C=O) groups excluding carboxylic acids is 1. The lowest BCUT2D eigenvalue weighted by Crippen LogP contribution is -2.44. The first-order valence-corrected chi connectivity index (χ1v) is 7.62. The summed E-state index contributed by atoms with van der Waals surface area (Å²) in [5, 5.41) is 13.2. The van der Waals surface area contributed by atoms with E-state index < -0.39 is 16.7 Å². The van der Waals surface area contributed by atoms with Gasteiger partial charge in [0, 0.05) is 37.6 Å². The van der Waals surface area contributed by atoms with Crippen LogP contribution in [0.5, 0.6) is 0 Å². The highest BCUT2D eigenvalue weighted by Crippen LogP contribution is 2.21. The SMILES string of the molecule is CN1CCN(c2ccc(NC(=O)c3ccc([N+](=O)[O-])o3)cc2)CC1. The standard InChI is InChI=1S/C16H18N4O4/c1-18-8-10-19(11-9-18)13-4-2-12(3-5-13)17-16(21)14-6-7-15(24-14)20(22)23/h2-7H,8-11H2,1H3,(H,17,21). The number of benzene rings is 1. The van der Waals surface area contributed by atoms with Gasteiger partial charge in [0.1, 0.15) is 4.92 Å². The molecule has 1 saturated heterocycles. The number of piperazine rings is 1. The van der Waals surface area contributed by atoms with Crippen LogP contribution in [0.15, 0.2) is 40.8 Å². The minimum Gasteiger partial charge on any atom is -0.395 e. The lowest BCUT2D eigenvalue weighted by atomic mass is 10.2. The van der Waals surface area contributed by atoms with Crippen molar-refractivity contribution in [1.82, 2.24) is 4.90 Å². The molecule has 1 fully saturated rings. The molecule has 1 N–H and O–H groups in total. The van der Waals surface area contributed by atoms with Crippen molar-refractivity contribution in [3.05, 3.63) is 52.3 Å². The molecule has 1 aromatic heterocycles. The first kappa shape index (κ1) is 16.0. The maximum Gasteiger partial charge on any atom is 0.433 e. The van der Waals surface area contributed by atoms with Crippen molar-refractivity contribution in [3.63, 3.8) is 0 Å². The third-order valence-electron chi connectivity index (χ3n) is 3.99. The van der Waals surface area contributed by atoms with E-state index >= 15 is 0 Å². The molecule has 1 amide bonds. The third-order valence-corrected chi connectivity index (χ3v) is 3.99. The molecule has 3 rings (SSSR count). The Bertz CT molecular complexity index is 733. The molecule has 2 heterocycles. The van der Waals surface area contributed by atoms with E-state index in [1.807, 2.05) is 24.3 Å². The van der Waals surface area contributed by atoms with Crippen LogP contribution in [0, 0.1) is 10.1 Å². The Kier molecular flexibility index (Phi) is 4.48. The summed E-state index contributed by atoms with van der Waals surface area (Å²) in [6, 6.07) is 9.96. The van der Waals surface area contributed by atoms with Gasteiger partial charge in [0.15, 0.2) is 5.76 Å². The Balaban J connectivity index is 1.63. The summed E-state index contributed by atoms with van der Waals surface area (Å²) in [7, 11) is 2.11. The van der Waals surface area contributed by atoms with Crippen LogP contribution in [0.25, 0.3) is 0 Å². The summed E-state index contributed by atoms with van der Waals surface area (Å²) in [6.07, 6.45) is 0. The molecule has 8 heteroatoms. The topological polar surface area (TPSA) is 91.9 Å². The molecule has 0 spiro atoms. The molecule has 0 aliphatic carbocycles. The second-order valence-corrected chi connectivity index (χ2v) is 5.69. The normalized spacial score (nSPS) is 15.3. The molecule has 1 aliphatic rings. The van der Waals surface area contributed by atoms with Gasteiger partial charge in [-0.3, -0.25) is 14.9 Å². The molecule has 1 aromatic carbocycles. The fraction of sp³-hybridized carbons (Fsp3) is 0.312. The molecule has 0 radical (unpaired) electrons. The molecule has 0 saturated carbocycles. The van der Waals surface area contributed by atoms with Crippen LogP contribution in [0.2, 0.25) is 0 Å². The van der Waals surface area contributed by atoms with E-state index in [1.54, 1.807) is 0 Å². The smallest absolute Gasteiger partial charge is 0.395 e. The van der Waals surface area contributed by atoms with Gasteiger partial charge in [-0.2, -0.15) is 0 Å². The van der Waals surface area contributed by atoms with Gasteiger partial charge < -0.3 is 19.5 Å². The predicted molar refractivity (Wildman–Crippen MR) is 89.5 cm³/mol. The lowest BCUT2D eigenvalue weighted by molar-refractivity contribution is -0.402. The summed E-state index contributed by atoms with van der Waals surface area (Å²) in [6.45, 7) is 3.99. The number of hydrogen-bond donors (Lipinski definition) is 1. The van der Waals surface area contributed by atoms with Crippen molar-refractivity contribution in [2.75, 3.05) is 43.4 Å². The van der Waals surface area contributed by atoms with E-state index in [9.17, 15) is 14.9 Å². The van der Waals surface area contributed by atoms with E-state index in [0.717, 1.165) is 37.9 Å². The molecule has 0 atom stereocenters. The van der Waals surface area contributed by atoms with E-state index in [4.69, 9.17) is 4.42 Å². The Morgan fingerprint density at radius 3 is 2.38 bits per heavy atom. The molecule has 0 unspecified atom stereocenters. The number of anilines is 2. The number of nitrogens with zero attached hydrogens (tertiary/aromatic N) is 3. The van der Waals surface area contributed by atoms with E-state index in [1.165, 1.54) is 6.07 Å². The highest BCUT2D eigenvalue weighted by Gasteiger charge is 2.18. The number of nitrogens with one attached hydrogen (secondary N) is 1. The van der Waals surface area contributed by atoms with Gasteiger partial charge in [-0.25, -0.2) is 0 Å². The Morgan fingerprint density at radius 1 is 1.12 bits per heavy atom.